The van der Waals surface area contributed by atoms with Crippen LogP contribution in [0, 0.1) is 0 Å². The molecule has 0 fully saturated rings. The summed E-state index contributed by atoms with van der Waals surface area (Å²) in [4.78, 5) is 11.0. The molecule has 1 amide bonds. The molecular weight excluding hydrogens is 262 g/mol. The summed E-state index contributed by atoms with van der Waals surface area (Å²) in [5.74, 6) is 0.829. The van der Waals surface area contributed by atoms with Crippen LogP contribution in [-0.2, 0) is 11.2 Å². The standard InChI is InChI=1S/C18H21NO2/c1-12(2)17-16(21-4)9-8-14-6-5-7-15(18(14)17)10-11-19-13(3)20/h5-9H,1,10-11H2,2-4H3,(H,19,20). The minimum absolute atomic E-state index is 0.00654. The van der Waals surface area contributed by atoms with Crippen molar-refractivity contribution >= 4 is 22.3 Å². The molecule has 0 atom stereocenters. The van der Waals surface area contributed by atoms with E-state index in [1.165, 1.54) is 12.5 Å². The van der Waals surface area contributed by atoms with Crippen LogP contribution in [0.3, 0.4) is 0 Å². The molecule has 0 heterocycles. The maximum atomic E-state index is 11.0. The fraction of sp³-hybridized carbons (Fsp3) is 0.278. The molecule has 0 aliphatic rings. The molecule has 21 heavy (non-hydrogen) atoms. The van der Waals surface area contributed by atoms with Crippen LogP contribution in [0.2, 0.25) is 0 Å². The third kappa shape index (κ3) is 3.24. The number of fused-ring (bicyclic) bond motifs is 1. The van der Waals surface area contributed by atoms with Crippen molar-refractivity contribution in [3.8, 4) is 5.75 Å². The number of carbonyl (C=O) groups is 1. The highest BCUT2D eigenvalue weighted by molar-refractivity contribution is 5.98. The van der Waals surface area contributed by atoms with Crippen molar-refractivity contribution in [2.75, 3.05) is 13.7 Å². The van der Waals surface area contributed by atoms with Gasteiger partial charge < -0.3 is 10.1 Å². The predicted molar refractivity (Wildman–Crippen MR) is 87.6 cm³/mol. The molecule has 0 aliphatic heterocycles. The van der Waals surface area contributed by atoms with Gasteiger partial charge >= 0.3 is 0 Å². The Morgan fingerprint density at radius 2 is 2.00 bits per heavy atom. The molecule has 0 bridgehead atoms. The number of carbonyl (C=O) groups excluding carboxylic acids is 1. The van der Waals surface area contributed by atoms with Gasteiger partial charge in [-0.25, -0.2) is 0 Å². The van der Waals surface area contributed by atoms with Gasteiger partial charge in [0.05, 0.1) is 7.11 Å². The fourth-order valence-corrected chi connectivity index (χ4v) is 2.61. The first-order chi connectivity index (χ1) is 10.0. The quantitative estimate of drug-likeness (QED) is 0.911. The van der Waals surface area contributed by atoms with Gasteiger partial charge in [-0.2, -0.15) is 0 Å². The van der Waals surface area contributed by atoms with Crippen LogP contribution in [-0.4, -0.2) is 19.6 Å². The van der Waals surface area contributed by atoms with Crippen molar-refractivity contribution in [3.63, 3.8) is 0 Å². The maximum absolute atomic E-state index is 11.0. The van der Waals surface area contributed by atoms with Crippen molar-refractivity contribution < 1.29 is 9.53 Å². The van der Waals surface area contributed by atoms with E-state index in [9.17, 15) is 4.79 Å². The predicted octanol–water partition coefficient (Wildman–Crippen LogP) is 3.56. The Labute approximate surface area is 125 Å². The number of ether oxygens (including phenoxy) is 1. The van der Waals surface area contributed by atoms with Crippen LogP contribution in [0.4, 0.5) is 0 Å². The molecule has 0 unspecified atom stereocenters. The first-order valence-electron chi connectivity index (χ1n) is 7.03. The Hall–Kier alpha value is -2.29. The zero-order valence-corrected chi connectivity index (χ0v) is 12.8. The number of benzene rings is 2. The highest BCUT2D eigenvalue weighted by Gasteiger charge is 2.12. The van der Waals surface area contributed by atoms with Crippen molar-refractivity contribution in [1.29, 1.82) is 0 Å². The lowest BCUT2D eigenvalue weighted by atomic mass is 9.93. The molecule has 0 aliphatic carbocycles. The molecule has 2 aromatic rings. The first kappa shape index (κ1) is 15.1. The summed E-state index contributed by atoms with van der Waals surface area (Å²) in [5.41, 5.74) is 3.22. The number of allylic oxidation sites excluding steroid dienone is 1. The molecule has 0 radical (unpaired) electrons. The molecule has 0 saturated heterocycles. The number of hydrogen-bond acceptors (Lipinski definition) is 2. The third-order valence-electron chi connectivity index (χ3n) is 3.51. The average molecular weight is 283 g/mol. The van der Waals surface area contributed by atoms with E-state index in [1.54, 1.807) is 7.11 Å². The Morgan fingerprint density at radius 1 is 1.24 bits per heavy atom. The van der Waals surface area contributed by atoms with Crippen molar-refractivity contribution in [2.24, 2.45) is 0 Å². The van der Waals surface area contributed by atoms with Gasteiger partial charge in [-0.1, -0.05) is 30.8 Å². The lowest BCUT2D eigenvalue weighted by Gasteiger charge is -2.15. The maximum Gasteiger partial charge on any atom is 0.216 e. The van der Waals surface area contributed by atoms with E-state index < -0.39 is 0 Å². The smallest absolute Gasteiger partial charge is 0.216 e. The summed E-state index contributed by atoms with van der Waals surface area (Å²) in [6, 6.07) is 10.3. The van der Waals surface area contributed by atoms with E-state index in [4.69, 9.17) is 4.74 Å². The van der Waals surface area contributed by atoms with E-state index in [1.807, 2.05) is 19.1 Å². The van der Waals surface area contributed by atoms with Crippen LogP contribution >= 0.6 is 0 Å². The third-order valence-corrected chi connectivity index (χ3v) is 3.51. The SMILES string of the molecule is C=C(C)c1c(OC)ccc2cccc(CCNC(C)=O)c12. The molecule has 3 nitrogen and oxygen atoms in total. The number of amides is 1. The van der Waals surface area contributed by atoms with Gasteiger partial charge in [-0.05, 0) is 41.3 Å². The van der Waals surface area contributed by atoms with Gasteiger partial charge in [0.1, 0.15) is 5.75 Å². The second-order valence-electron chi connectivity index (χ2n) is 5.17. The van der Waals surface area contributed by atoms with Crippen molar-refractivity contribution in [3.05, 3.63) is 48.0 Å². The molecule has 0 saturated carbocycles. The van der Waals surface area contributed by atoms with Gasteiger partial charge in [-0.3, -0.25) is 4.79 Å². The van der Waals surface area contributed by atoms with Crippen molar-refractivity contribution in [1.82, 2.24) is 5.32 Å². The molecule has 0 spiro atoms. The first-order valence-corrected chi connectivity index (χ1v) is 7.03. The minimum Gasteiger partial charge on any atom is -0.496 e. The second kappa shape index (κ2) is 6.44. The van der Waals surface area contributed by atoms with Gasteiger partial charge in [0, 0.05) is 19.0 Å². The Bertz CT molecular complexity index is 689. The zero-order chi connectivity index (χ0) is 15.4. The number of hydrogen-bond donors (Lipinski definition) is 1. The number of rotatable bonds is 5. The molecule has 2 aromatic carbocycles. The molecule has 2 rings (SSSR count). The van der Waals surface area contributed by atoms with E-state index in [2.05, 4.69) is 30.1 Å². The van der Waals surface area contributed by atoms with Gasteiger partial charge in [0.25, 0.3) is 0 Å². The summed E-state index contributed by atoms with van der Waals surface area (Å²) < 4.78 is 5.48. The van der Waals surface area contributed by atoms with E-state index in [-0.39, 0.29) is 5.91 Å². The van der Waals surface area contributed by atoms with Gasteiger partial charge in [-0.15, -0.1) is 0 Å². The van der Waals surface area contributed by atoms with Crippen LogP contribution in [0.15, 0.2) is 36.9 Å². The van der Waals surface area contributed by atoms with Crippen LogP contribution in [0.25, 0.3) is 16.3 Å². The summed E-state index contributed by atoms with van der Waals surface area (Å²) in [6.07, 6.45) is 0.782. The molecule has 110 valence electrons. The zero-order valence-electron chi connectivity index (χ0n) is 12.8. The summed E-state index contributed by atoms with van der Waals surface area (Å²) >= 11 is 0. The average Bonchev–Trinajstić information content (AvgIpc) is 2.45. The van der Waals surface area contributed by atoms with Crippen LogP contribution in [0.1, 0.15) is 25.0 Å². The van der Waals surface area contributed by atoms with E-state index >= 15 is 0 Å². The number of methoxy groups -OCH3 is 1. The molecule has 0 aromatic heterocycles. The van der Waals surface area contributed by atoms with Crippen LogP contribution < -0.4 is 10.1 Å². The van der Waals surface area contributed by atoms with Gasteiger partial charge in [0.15, 0.2) is 0 Å². The summed E-state index contributed by atoms with van der Waals surface area (Å²) in [6.45, 7) is 8.23. The molecule has 3 heteroatoms. The minimum atomic E-state index is -0.00654. The highest BCUT2D eigenvalue weighted by atomic mass is 16.5. The molecular formula is C18H21NO2. The van der Waals surface area contributed by atoms with Gasteiger partial charge in [0.2, 0.25) is 5.91 Å². The lowest BCUT2D eigenvalue weighted by molar-refractivity contribution is -0.118. The lowest BCUT2D eigenvalue weighted by Crippen LogP contribution is -2.22. The summed E-state index contributed by atoms with van der Waals surface area (Å²) in [7, 11) is 1.67. The number of nitrogens with one attached hydrogen (secondary N) is 1. The van der Waals surface area contributed by atoms with Crippen molar-refractivity contribution in [2.45, 2.75) is 20.3 Å². The highest BCUT2D eigenvalue weighted by Crippen LogP contribution is 2.35. The largest absolute Gasteiger partial charge is 0.496 e. The Balaban J connectivity index is 2.54. The normalized spacial score (nSPS) is 10.4. The Kier molecular flexibility index (Phi) is 4.63. The fourth-order valence-electron chi connectivity index (χ4n) is 2.61. The van der Waals surface area contributed by atoms with E-state index in [0.29, 0.717) is 6.54 Å². The second-order valence-corrected chi connectivity index (χ2v) is 5.17. The topological polar surface area (TPSA) is 38.3 Å². The Morgan fingerprint density at radius 3 is 2.62 bits per heavy atom. The van der Waals surface area contributed by atoms with Crippen LogP contribution in [0.5, 0.6) is 5.75 Å². The summed E-state index contributed by atoms with van der Waals surface area (Å²) in [5, 5.41) is 5.17. The van der Waals surface area contributed by atoms with E-state index in [0.717, 1.165) is 34.1 Å². The molecule has 1 N–H and O–H groups in total. The monoisotopic (exact) mass is 283 g/mol.